The highest BCUT2D eigenvalue weighted by Crippen LogP contribution is 2.38. The van der Waals surface area contributed by atoms with E-state index in [9.17, 15) is 14.4 Å². The smallest absolute Gasteiger partial charge is 0.338 e. The zero-order chi connectivity index (χ0) is 20.5. The van der Waals surface area contributed by atoms with Gasteiger partial charge in [0.2, 0.25) is 5.75 Å². The number of ether oxygens (including phenoxy) is 4. The average Bonchev–Trinajstić information content (AvgIpc) is 3.22. The summed E-state index contributed by atoms with van der Waals surface area (Å²) >= 11 is 0. The van der Waals surface area contributed by atoms with Gasteiger partial charge in [0.1, 0.15) is 5.76 Å². The Balaban J connectivity index is 1.88. The van der Waals surface area contributed by atoms with E-state index >= 15 is 0 Å². The van der Waals surface area contributed by atoms with E-state index in [-0.39, 0.29) is 23.6 Å². The summed E-state index contributed by atoms with van der Waals surface area (Å²) in [7, 11) is 4.24. The molecule has 0 saturated carbocycles. The van der Waals surface area contributed by atoms with Crippen LogP contribution in [0.4, 0.5) is 4.79 Å². The summed E-state index contributed by atoms with van der Waals surface area (Å²) in [5, 5.41) is 4.46. The molecular formula is C18H20N2O8. The van der Waals surface area contributed by atoms with Crippen LogP contribution in [0.5, 0.6) is 17.2 Å². The molecule has 2 rings (SSSR count). The number of hydrogen-bond donors (Lipinski definition) is 2. The maximum atomic E-state index is 12.2. The van der Waals surface area contributed by atoms with Gasteiger partial charge in [-0.3, -0.25) is 10.1 Å². The number of hydrogen-bond acceptors (Lipinski definition) is 8. The fourth-order valence-corrected chi connectivity index (χ4v) is 2.20. The topological polar surface area (TPSA) is 125 Å². The molecule has 2 aromatic rings. The molecular weight excluding hydrogens is 372 g/mol. The van der Waals surface area contributed by atoms with Crippen LogP contribution in [0.15, 0.2) is 34.9 Å². The monoisotopic (exact) mass is 392 g/mol. The van der Waals surface area contributed by atoms with Gasteiger partial charge in [0, 0.05) is 0 Å². The molecule has 0 atom stereocenters. The minimum atomic E-state index is -0.801. The number of benzene rings is 1. The highest BCUT2D eigenvalue weighted by atomic mass is 16.5. The zero-order valence-corrected chi connectivity index (χ0v) is 15.6. The molecule has 150 valence electrons. The van der Waals surface area contributed by atoms with Crippen molar-refractivity contribution in [2.24, 2.45) is 0 Å². The van der Waals surface area contributed by atoms with Crippen LogP contribution in [0.25, 0.3) is 0 Å². The summed E-state index contributed by atoms with van der Waals surface area (Å²) < 4.78 is 25.4. The van der Waals surface area contributed by atoms with E-state index in [4.69, 9.17) is 23.4 Å². The van der Waals surface area contributed by atoms with Crippen molar-refractivity contribution in [3.63, 3.8) is 0 Å². The lowest BCUT2D eigenvalue weighted by atomic mass is 10.2. The molecule has 0 spiro atoms. The van der Waals surface area contributed by atoms with Crippen LogP contribution in [-0.4, -0.2) is 45.8 Å². The van der Waals surface area contributed by atoms with E-state index in [1.807, 2.05) is 5.32 Å². The first kappa shape index (κ1) is 20.6. The van der Waals surface area contributed by atoms with Crippen molar-refractivity contribution in [1.82, 2.24) is 10.6 Å². The summed E-state index contributed by atoms with van der Waals surface area (Å²) in [5.74, 6) is -0.238. The number of urea groups is 1. The number of esters is 1. The van der Waals surface area contributed by atoms with E-state index in [0.717, 1.165) is 0 Å². The Hall–Kier alpha value is -3.69. The van der Waals surface area contributed by atoms with E-state index in [2.05, 4.69) is 5.32 Å². The summed E-state index contributed by atoms with van der Waals surface area (Å²) in [6.45, 7) is -0.541. The molecule has 0 aliphatic rings. The summed E-state index contributed by atoms with van der Waals surface area (Å²) in [4.78, 5) is 35.6. The predicted octanol–water partition coefficient (Wildman–Crippen LogP) is 1.49. The van der Waals surface area contributed by atoms with Crippen LogP contribution >= 0.6 is 0 Å². The molecule has 10 nitrogen and oxygen atoms in total. The fourth-order valence-electron chi connectivity index (χ4n) is 2.20. The Morgan fingerprint density at radius 1 is 1.04 bits per heavy atom. The lowest BCUT2D eigenvalue weighted by Crippen LogP contribution is -2.41. The van der Waals surface area contributed by atoms with Crippen molar-refractivity contribution in [2.75, 3.05) is 27.9 Å². The molecule has 0 aliphatic carbocycles. The molecule has 28 heavy (non-hydrogen) atoms. The molecule has 0 saturated heterocycles. The quantitative estimate of drug-likeness (QED) is 0.647. The molecule has 0 radical (unpaired) electrons. The van der Waals surface area contributed by atoms with Gasteiger partial charge in [-0.25, -0.2) is 9.59 Å². The van der Waals surface area contributed by atoms with Gasteiger partial charge in [0.05, 0.1) is 39.7 Å². The van der Waals surface area contributed by atoms with Gasteiger partial charge in [-0.15, -0.1) is 0 Å². The largest absolute Gasteiger partial charge is 0.493 e. The lowest BCUT2D eigenvalue weighted by molar-refractivity contribution is -0.123. The van der Waals surface area contributed by atoms with Gasteiger partial charge < -0.3 is 28.7 Å². The second kappa shape index (κ2) is 9.86. The Kier molecular flexibility index (Phi) is 7.26. The molecule has 0 fully saturated rings. The van der Waals surface area contributed by atoms with Crippen LogP contribution in [-0.2, 0) is 16.1 Å². The second-order valence-corrected chi connectivity index (χ2v) is 5.30. The minimum absolute atomic E-state index is 0.0876. The highest BCUT2D eigenvalue weighted by Gasteiger charge is 2.19. The molecule has 3 amide bonds. The number of furan rings is 1. The van der Waals surface area contributed by atoms with E-state index in [1.54, 1.807) is 12.1 Å². The van der Waals surface area contributed by atoms with Crippen LogP contribution in [0.3, 0.4) is 0 Å². The first-order chi connectivity index (χ1) is 13.5. The molecule has 1 aromatic carbocycles. The van der Waals surface area contributed by atoms with Gasteiger partial charge in [-0.2, -0.15) is 0 Å². The molecule has 2 N–H and O–H groups in total. The number of imide groups is 1. The lowest BCUT2D eigenvalue weighted by Gasteiger charge is -2.13. The van der Waals surface area contributed by atoms with Crippen molar-refractivity contribution in [3.8, 4) is 17.2 Å². The van der Waals surface area contributed by atoms with Gasteiger partial charge >= 0.3 is 12.0 Å². The molecule has 0 unspecified atom stereocenters. The minimum Gasteiger partial charge on any atom is -0.493 e. The second-order valence-electron chi connectivity index (χ2n) is 5.30. The van der Waals surface area contributed by atoms with Gasteiger partial charge in [-0.05, 0) is 24.3 Å². The summed E-state index contributed by atoms with van der Waals surface area (Å²) in [6.07, 6.45) is 1.46. The first-order valence-corrected chi connectivity index (χ1v) is 8.05. The third-order valence-corrected chi connectivity index (χ3v) is 3.49. The van der Waals surface area contributed by atoms with E-state index < -0.39 is 24.5 Å². The van der Waals surface area contributed by atoms with Gasteiger partial charge in [0.25, 0.3) is 5.91 Å². The van der Waals surface area contributed by atoms with Crippen molar-refractivity contribution in [3.05, 3.63) is 41.9 Å². The Bertz CT molecular complexity index is 807. The zero-order valence-electron chi connectivity index (χ0n) is 15.6. The fraction of sp³-hybridized carbons (Fsp3) is 0.278. The van der Waals surface area contributed by atoms with Gasteiger partial charge in [-0.1, -0.05) is 0 Å². The normalized spacial score (nSPS) is 9.96. The Morgan fingerprint density at radius 3 is 2.25 bits per heavy atom. The molecule has 0 bridgehead atoms. The van der Waals surface area contributed by atoms with E-state index in [1.165, 1.54) is 39.7 Å². The average molecular weight is 392 g/mol. The third-order valence-electron chi connectivity index (χ3n) is 3.49. The van der Waals surface area contributed by atoms with Crippen LogP contribution in [0.1, 0.15) is 16.1 Å². The van der Waals surface area contributed by atoms with Crippen molar-refractivity contribution < 1.29 is 37.7 Å². The number of nitrogens with one attached hydrogen (secondary N) is 2. The van der Waals surface area contributed by atoms with Crippen LogP contribution in [0, 0.1) is 0 Å². The SMILES string of the molecule is COc1cc(C(=O)OCC(=O)NC(=O)NCc2ccco2)cc(OC)c1OC. The van der Waals surface area contributed by atoms with Crippen LogP contribution in [0.2, 0.25) is 0 Å². The highest BCUT2D eigenvalue weighted by molar-refractivity contribution is 5.97. The van der Waals surface area contributed by atoms with Gasteiger partial charge in [0.15, 0.2) is 18.1 Å². The van der Waals surface area contributed by atoms with E-state index in [0.29, 0.717) is 11.5 Å². The number of amides is 3. The molecule has 1 heterocycles. The first-order valence-electron chi connectivity index (χ1n) is 8.05. The summed E-state index contributed by atoms with van der Waals surface area (Å²) in [5.41, 5.74) is 0.0876. The van der Waals surface area contributed by atoms with Crippen LogP contribution < -0.4 is 24.8 Å². The molecule has 0 aliphatic heterocycles. The Labute approximate surface area is 160 Å². The predicted molar refractivity (Wildman–Crippen MR) is 95.5 cm³/mol. The summed E-state index contributed by atoms with van der Waals surface area (Å²) in [6, 6.07) is 5.37. The number of methoxy groups -OCH3 is 3. The van der Waals surface area contributed by atoms with Crippen molar-refractivity contribution in [2.45, 2.75) is 6.54 Å². The standard InChI is InChI=1S/C18H20N2O8/c1-24-13-7-11(8-14(25-2)16(13)26-3)17(22)28-10-15(21)20-18(23)19-9-12-5-4-6-27-12/h4-8H,9-10H2,1-3H3,(H2,19,20,21,23). The number of carbonyl (C=O) groups excluding carboxylic acids is 3. The van der Waals surface area contributed by atoms with Crippen molar-refractivity contribution >= 4 is 17.9 Å². The molecule has 10 heteroatoms. The third kappa shape index (κ3) is 5.40. The molecule has 1 aromatic heterocycles. The number of rotatable bonds is 8. The number of carbonyl (C=O) groups is 3. The van der Waals surface area contributed by atoms with Crippen molar-refractivity contribution in [1.29, 1.82) is 0 Å². The maximum absolute atomic E-state index is 12.2. The Morgan fingerprint density at radius 2 is 1.71 bits per heavy atom. The maximum Gasteiger partial charge on any atom is 0.338 e.